The van der Waals surface area contributed by atoms with E-state index >= 15 is 0 Å². The number of nitrogens with zero attached hydrogens (tertiary/aromatic N) is 1. The summed E-state index contributed by atoms with van der Waals surface area (Å²) in [6.07, 6.45) is 3.03. The number of piperidine rings is 1. The topological polar surface area (TPSA) is 49.4 Å². The molecule has 1 aromatic carbocycles. The fraction of sp³-hybridized carbons (Fsp3) is 0.600. The van der Waals surface area contributed by atoms with Gasteiger partial charge in [-0.15, -0.1) is 0 Å². The van der Waals surface area contributed by atoms with Gasteiger partial charge >= 0.3 is 0 Å². The predicted octanol–water partition coefficient (Wildman–Crippen LogP) is 1.62. The summed E-state index contributed by atoms with van der Waals surface area (Å²) >= 11 is 0. The van der Waals surface area contributed by atoms with E-state index in [1.807, 2.05) is 12.1 Å². The Balaban J connectivity index is 1.89. The molecule has 20 heavy (non-hydrogen) atoms. The summed E-state index contributed by atoms with van der Waals surface area (Å²) < 4.78 is 27.4. The molecular weight excluding hydrogens is 272 g/mol. The van der Waals surface area contributed by atoms with Crippen molar-refractivity contribution in [2.24, 2.45) is 5.92 Å². The molecule has 2 aliphatic rings. The molecule has 5 heteroatoms. The molecule has 2 fully saturated rings. The van der Waals surface area contributed by atoms with Crippen molar-refractivity contribution in [1.29, 1.82) is 0 Å². The van der Waals surface area contributed by atoms with Crippen LogP contribution in [0.2, 0.25) is 0 Å². The van der Waals surface area contributed by atoms with E-state index in [4.69, 9.17) is 0 Å². The van der Waals surface area contributed by atoms with Crippen molar-refractivity contribution in [2.75, 3.05) is 19.6 Å². The summed E-state index contributed by atoms with van der Waals surface area (Å²) in [5.74, 6) is 0.480. The number of benzene rings is 1. The summed E-state index contributed by atoms with van der Waals surface area (Å²) in [5.41, 5.74) is 1.17. The van der Waals surface area contributed by atoms with Crippen LogP contribution >= 0.6 is 0 Å². The van der Waals surface area contributed by atoms with Gasteiger partial charge < -0.3 is 5.32 Å². The monoisotopic (exact) mass is 294 g/mol. The Hall–Kier alpha value is -0.910. The summed E-state index contributed by atoms with van der Waals surface area (Å²) in [5, 5.41) is 3.33. The van der Waals surface area contributed by atoms with Gasteiger partial charge in [-0.2, -0.15) is 4.31 Å². The molecule has 2 heterocycles. The number of nitrogens with one attached hydrogen (secondary N) is 1. The van der Waals surface area contributed by atoms with E-state index in [0.717, 1.165) is 32.4 Å². The second-order valence-electron chi connectivity index (χ2n) is 5.74. The van der Waals surface area contributed by atoms with Crippen LogP contribution in [0.25, 0.3) is 0 Å². The molecule has 0 aliphatic carbocycles. The minimum atomic E-state index is -3.35. The third-order valence-corrected chi connectivity index (χ3v) is 6.50. The minimum absolute atomic E-state index is 0.139. The predicted molar refractivity (Wildman–Crippen MR) is 79.1 cm³/mol. The number of fused-ring (bicyclic) bond motifs is 1. The van der Waals surface area contributed by atoms with E-state index in [1.54, 1.807) is 16.4 Å². The lowest BCUT2D eigenvalue weighted by Crippen LogP contribution is -2.48. The van der Waals surface area contributed by atoms with Gasteiger partial charge in [0.05, 0.1) is 4.90 Å². The standard InChI is InChI=1S/C15H22N2O2S/c1-2-12-5-7-14(8-6-12)20(18,19)17-9-3-4-13-10-16-11-15(13)17/h5-8,13,15-16H,2-4,9-11H2,1H3. The third kappa shape index (κ3) is 2.38. The lowest BCUT2D eigenvalue weighted by Gasteiger charge is -2.35. The van der Waals surface area contributed by atoms with Crippen molar-refractivity contribution in [3.63, 3.8) is 0 Å². The van der Waals surface area contributed by atoms with Crippen LogP contribution in [-0.2, 0) is 16.4 Å². The molecule has 2 atom stereocenters. The minimum Gasteiger partial charge on any atom is -0.315 e. The van der Waals surface area contributed by atoms with E-state index in [9.17, 15) is 8.42 Å². The number of aryl methyl sites for hydroxylation is 1. The normalized spacial score (nSPS) is 27.4. The maximum Gasteiger partial charge on any atom is 0.243 e. The van der Waals surface area contributed by atoms with Crippen molar-refractivity contribution in [3.05, 3.63) is 29.8 Å². The lowest BCUT2D eigenvalue weighted by molar-refractivity contribution is 0.217. The largest absolute Gasteiger partial charge is 0.315 e. The molecule has 1 N–H and O–H groups in total. The number of hydrogen-bond acceptors (Lipinski definition) is 3. The van der Waals surface area contributed by atoms with E-state index < -0.39 is 10.0 Å². The first-order valence-electron chi connectivity index (χ1n) is 7.44. The second kappa shape index (κ2) is 5.47. The average molecular weight is 294 g/mol. The highest BCUT2D eigenvalue weighted by atomic mass is 32.2. The van der Waals surface area contributed by atoms with Crippen LogP contribution < -0.4 is 5.32 Å². The first kappa shape index (κ1) is 14.0. The maximum absolute atomic E-state index is 12.8. The molecule has 0 radical (unpaired) electrons. The van der Waals surface area contributed by atoms with E-state index in [1.165, 1.54) is 5.56 Å². The Kier molecular flexibility index (Phi) is 3.84. The van der Waals surface area contributed by atoms with Gasteiger partial charge in [0.1, 0.15) is 0 Å². The fourth-order valence-corrected chi connectivity index (χ4v) is 5.08. The van der Waals surface area contributed by atoms with Crippen LogP contribution in [0, 0.1) is 5.92 Å². The molecule has 4 nitrogen and oxygen atoms in total. The lowest BCUT2D eigenvalue weighted by atomic mass is 9.94. The highest BCUT2D eigenvalue weighted by Crippen LogP contribution is 2.31. The zero-order valence-electron chi connectivity index (χ0n) is 11.9. The van der Waals surface area contributed by atoms with E-state index in [2.05, 4.69) is 12.2 Å². The molecule has 2 unspecified atom stereocenters. The first-order valence-corrected chi connectivity index (χ1v) is 8.88. The van der Waals surface area contributed by atoms with Gasteiger partial charge in [-0.05, 0) is 49.4 Å². The van der Waals surface area contributed by atoms with Gasteiger partial charge in [-0.1, -0.05) is 19.1 Å². The van der Waals surface area contributed by atoms with Gasteiger partial charge in [0.25, 0.3) is 0 Å². The summed E-state index contributed by atoms with van der Waals surface area (Å²) in [4.78, 5) is 0.433. The van der Waals surface area contributed by atoms with Crippen molar-refractivity contribution in [1.82, 2.24) is 9.62 Å². The molecule has 0 bridgehead atoms. The van der Waals surface area contributed by atoms with Crippen molar-refractivity contribution in [3.8, 4) is 0 Å². The van der Waals surface area contributed by atoms with Crippen LogP contribution in [0.3, 0.4) is 0 Å². The zero-order chi connectivity index (χ0) is 14.2. The highest BCUT2D eigenvalue weighted by molar-refractivity contribution is 7.89. The molecule has 1 aromatic rings. The smallest absolute Gasteiger partial charge is 0.243 e. The molecular formula is C15H22N2O2S. The third-order valence-electron chi connectivity index (χ3n) is 4.57. The van der Waals surface area contributed by atoms with Gasteiger partial charge in [-0.3, -0.25) is 0 Å². The molecule has 0 aromatic heterocycles. The van der Waals surface area contributed by atoms with E-state index in [-0.39, 0.29) is 6.04 Å². The Morgan fingerprint density at radius 3 is 2.70 bits per heavy atom. The summed E-state index contributed by atoms with van der Waals surface area (Å²) in [6, 6.07) is 7.47. The SMILES string of the molecule is CCc1ccc(S(=O)(=O)N2CCCC3CNCC32)cc1. The van der Waals surface area contributed by atoms with Gasteiger partial charge in [0, 0.05) is 19.1 Å². The summed E-state index contributed by atoms with van der Waals surface area (Å²) in [6.45, 7) is 4.46. The number of rotatable bonds is 3. The van der Waals surface area contributed by atoms with Crippen LogP contribution in [0.4, 0.5) is 0 Å². The molecule has 0 spiro atoms. The first-order chi connectivity index (χ1) is 9.63. The Morgan fingerprint density at radius 1 is 1.25 bits per heavy atom. The molecule has 110 valence electrons. The fourth-order valence-electron chi connectivity index (χ4n) is 3.36. The molecule has 2 aliphatic heterocycles. The Morgan fingerprint density at radius 2 is 2.00 bits per heavy atom. The molecule has 0 saturated carbocycles. The number of hydrogen-bond donors (Lipinski definition) is 1. The average Bonchev–Trinajstić information content (AvgIpc) is 2.95. The van der Waals surface area contributed by atoms with Crippen molar-refractivity contribution in [2.45, 2.75) is 37.1 Å². The van der Waals surface area contributed by atoms with Crippen molar-refractivity contribution >= 4 is 10.0 Å². The maximum atomic E-state index is 12.8. The van der Waals surface area contributed by atoms with Gasteiger partial charge in [-0.25, -0.2) is 8.42 Å². The van der Waals surface area contributed by atoms with Crippen LogP contribution in [0.15, 0.2) is 29.2 Å². The molecule has 2 saturated heterocycles. The van der Waals surface area contributed by atoms with Crippen molar-refractivity contribution < 1.29 is 8.42 Å². The zero-order valence-corrected chi connectivity index (χ0v) is 12.7. The van der Waals surface area contributed by atoms with Gasteiger partial charge in [0.2, 0.25) is 10.0 Å². The quantitative estimate of drug-likeness (QED) is 0.921. The Bertz CT molecular complexity index is 568. The molecule has 3 rings (SSSR count). The van der Waals surface area contributed by atoms with Crippen LogP contribution in [-0.4, -0.2) is 38.4 Å². The summed E-state index contributed by atoms with van der Waals surface area (Å²) in [7, 11) is -3.35. The Labute approximate surface area is 121 Å². The van der Waals surface area contributed by atoms with E-state index in [0.29, 0.717) is 17.4 Å². The number of sulfonamides is 1. The van der Waals surface area contributed by atoms with Crippen LogP contribution in [0.5, 0.6) is 0 Å². The van der Waals surface area contributed by atoms with Gasteiger partial charge in [0.15, 0.2) is 0 Å². The second-order valence-corrected chi connectivity index (χ2v) is 7.63. The van der Waals surface area contributed by atoms with Crippen LogP contribution in [0.1, 0.15) is 25.3 Å². The molecule has 0 amide bonds. The highest BCUT2D eigenvalue weighted by Gasteiger charge is 2.41.